The van der Waals surface area contributed by atoms with Gasteiger partial charge in [0.2, 0.25) is 0 Å². The van der Waals surface area contributed by atoms with Crippen LogP contribution in [0, 0.1) is 23.2 Å². The van der Waals surface area contributed by atoms with E-state index in [4.69, 9.17) is 4.74 Å². The van der Waals surface area contributed by atoms with Gasteiger partial charge < -0.3 is 14.6 Å². The van der Waals surface area contributed by atoms with E-state index in [-0.39, 0.29) is 29.1 Å². The van der Waals surface area contributed by atoms with E-state index in [1.165, 1.54) is 24.3 Å². The molecule has 144 valence electrons. The number of carboxylic acids is 1. The van der Waals surface area contributed by atoms with Crippen molar-refractivity contribution in [3.05, 3.63) is 35.9 Å². The number of alkyl halides is 2. The summed E-state index contributed by atoms with van der Waals surface area (Å²) in [6.45, 7) is 0. The number of esters is 1. The van der Waals surface area contributed by atoms with E-state index in [1.807, 2.05) is 0 Å². The molecule has 1 aromatic rings. The summed E-state index contributed by atoms with van der Waals surface area (Å²) in [5, 5.41) is 11.0. The highest BCUT2D eigenvalue weighted by molar-refractivity contribution is 5.90. The van der Waals surface area contributed by atoms with E-state index in [0.717, 1.165) is 12.8 Å². The number of rotatable bonds is 5. The van der Waals surface area contributed by atoms with E-state index < -0.39 is 29.4 Å². The van der Waals surface area contributed by atoms with E-state index in [9.17, 15) is 28.3 Å². The number of aliphatic carboxylic acids is 1. The molecule has 4 aliphatic rings. The molecule has 4 saturated carbocycles. The lowest BCUT2D eigenvalue weighted by molar-refractivity contribution is -0.337. The minimum atomic E-state index is -4.37. The summed E-state index contributed by atoms with van der Waals surface area (Å²) in [5.41, 5.74) is -1.08. The third-order valence-corrected chi connectivity index (χ3v) is 6.36. The maximum absolute atomic E-state index is 14.3. The smallest absolute Gasteiger partial charge is 0.327 e. The molecule has 4 fully saturated rings. The molecule has 0 aromatic heterocycles. The molecule has 0 saturated heterocycles. The van der Waals surface area contributed by atoms with Gasteiger partial charge in [-0.3, -0.25) is 9.59 Å². The summed E-state index contributed by atoms with van der Waals surface area (Å²) in [6.07, 6.45) is 0.319. The normalized spacial score (nSPS) is 33.0. The first-order valence-electron chi connectivity index (χ1n) is 9.12. The van der Waals surface area contributed by atoms with Crippen molar-refractivity contribution >= 4 is 17.7 Å². The number of carbonyl (C=O) groups excluding carboxylic acids is 3. The second-order valence-electron chi connectivity index (χ2n) is 8.13. The number of carbonyl (C=O) groups is 3. The number of ketones is 1. The van der Waals surface area contributed by atoms with Crippen LogP contribution >= 0.6 is 0 Å². The van der Waals surface area contributed by atoms with Crippen LogP contribution in [0.2, 0.25) is 0 Å². The van der Waals surface area contributed by atoms with Crippen LogP contribution in [0.1, 0.15) is 43.8 Å². The lowest BCUT2D eigenvalue weighted by atomic mass is 9.49. The Kier molecular flexibility index (Phi) is 4.09. The van der Waals surface area contributed by atoms with Gasteiger partial charge in [0.1, 0.15) is 11.8 Å². The van der Waals surface area contributed by atoms with Gasteiger partial charge in [0.05, 0.1) is 5.41 Å². The Hall–Kier alpha value is -2.31. The molecule has 5 nitrogen and oxygen atoms in total. The molecule has 0 aliphatic heterocycles. The quantitative estimate of drug-likeness (QED) is 0.734. The minimum Gasteiger partial charge on any atom is -0.544 e. The zero-order chi connectivity index (χ0) is 19.4. The number of Topliss-reactive ketones (excluding diaryl/α,β-unsaturated/α-hetero) is 1. The lowest BCUT2D eigenvalue weighted by Crippen LogP contribution is -2.56. The van der Waals surface area contributed by atoms with Crippen molar-refractivity contribution in [1.29, 1.82) is 0 Å². The number of hydrogen-bond donors (Lipinski definition) is 0. The molecule has 3 atom stereocenters. The van der Waals surface area contributed by atoms with Crippen molar-refractivity contribution in [3.63, 3.8) is 0 Å². The SMILES string of the molecule is O=C1C2CC3CC1CC(C(=O)OC(c1ccccc1)C(F)(F)C(=O)[O-])(C3)C2. The van der Waals surface area contributed by atoms with Crippen LogP contribution in [0.25, 0.3) is 0 Å². The summed E-state index contributed by atoms with van der Waals surface area (Å²) in [4.78, 5) is 36.3. The van der Waals surface area contributed by atoms with Crippen molar-refractivity contribution in [2.75, 3.05) is 0 Å². The van der Waals surface area contributed by atoms with Gasteiger partial charge >= 0.3 is 11.9 Å². The Morgan fingerprint density at radius 3 is 2.26 bits per heavy atom. The Morgan fingerprint density at radius 1 is 1.11 bits per heavy atom. The third-order valence-electron chi connectivity index (χ3n) is 6.36. The summed E-state index contributed by atoms with van der Waals surface area (Å²) >= 11 is 0. The Labute approximate surface area is 154 Å². The van der Waals surface area contributed by atoms with Gasteiger partial charge in [0, 0.05) is 11.8 Å². The van der Waals surface area contributed by atoms with E-state index in [0.29, 0.717) is 19.3 Å². The van der Waals surface area contributed by atoms with Crippen molar-refractivity contribution in [1.82, 2.24) is 0 Å². The van der Waals surface area contributed by atoms with Crippen LogP contribution in [0.15, 0.2) is 30.3 Å². The summed E-state index contributed by atoms with van der Waals surface area (Å²) in [6, 6.07) is 7.09. The molecule has 27 heavy (non-hydrogen) atoms. The molecule has 0 amide bonds. The molecule has 5 rings (SSSR count). The highest BCUT2D eigenvalue weighted by atomic mass is 19.3. The lowest BCUT2D eigenvalue weighted by Gasteiger charge is -2.54. The highest BCUT2D eigenvalue weighted by Crippen LogP contribution is 2.59. The van der Waals surface area contributed by atoms with Crippen LogP contribution in [-0.4, -0.2) is 23.6 Å². The molecule has 0 spiro atoms. The van der Waals surface area contributed by atoms with Gasteiger partial charge in [0.15, 0.2) is 6.10 Å². The highest BCUT2D eigenvalue weighted by Gasteiger charge is 2.60. The van der Waals surface area contributed by atoms with E-state index in [1.54, 1.807) is 6.07 Å². The molecule has 7 heteroatoms. The van der Waals surface area contributed by atoms with Crippen LogP contribution < -0.4 is 5.11 Å². The zero-order valence-corrected chi connectivity index (χ0v) is 14.5. The number of halogens is 2. The number of benzene rings is 1. The minimum absolute atomic E-state index is 0.110. The molecule has 0 heterocycles. The van der Waals surface area contributed by atoms with Gasteiger partial charge in [-0.2, -0.15) is 8.78 Å². The first-order valence-corrected chi connectivity index (χ1v) is 9.12. The first kappa shape index (κ1) is 18.1. The largest absolute Gasteiger partial charge is 0.544 e. The van der Waals surface area contributed by atoms with Crippen LogP contribution in [0.5, 0.6) is 0 Å². The molecule has 3 unspecified atom stereocenters. The summed E-state index contributed by atoms with van der Waals surface area (Å²) < 4.78 is 33.8. The summed E-state index contributed by atoms with van der Waals surface area (Å²) in [7, 11) is 0. The van der Waals surface area contributed by atoms with Gasteiger partial charge in [-0.15, -0.1) is 0 Å². The maximum atomic E-state index is 14.3. The molecule has 4 aliphatic carbocycles. The molecular weight excluding hydrogens is 358 g/mol. The average Bonchev–Trinajstić information content (AvgIpc) is 2.63. The zero-order valence-electron chi connectivity index (χ0n) is 14.5. The van der Waals surface area contributed by atoms with Gasteiger partial charge in [-0.25, -0.2) is 0 Å². The van der Waals surface area contributed by atoms with Crippen molar-refractivity contribution < 1.29 is 33.0 Å². The van der Waals surface area contributed by atoms with Crippen LogP contribution in [-0.2, 0) is 19.1 Å². The van der Waals surface area contributed by atoms with Gasteiger partial charge in [0.25, 0.3) is 0 Å². The maximum Gasteiger partial charge on any atom is 0.327 e. The van der Waals surface area contributed by atoms with Gasteiger partial charge in [-0.1, -0.05) is 30.3 Å². The second-order valence-corrected chi connectivity index (χ2v) is 8.13. The summed E-state index contributed by atoms with van der Waals surface area (Å²) in [5.74, 6) is -7.86. The molecule has 0 radical (unpaired) electrons. The number of carboxylic acid groups (broad SMARTS) is 1. The first-order chi connectivity index (χ1) is 12.7. The average molecular weight is 377 g/mol. The van der Waals surface area contributed by atoms with Gasteiger partial charge in [-0.05, 0) is 43.6 Å². The standard InChI is InChI=1S/C20H20F2O5/c21-20(22,17(24)25)16(12-4-2-1-3-5-12)27-18(26)19-8-11-6-13(9-19)15(23)14(7-11)10-19/h1-5,11,13-14,16H,6-10H2,(H,24,25)/p-1. The Morgan fingerprint density at radius 2 is 1.70 bits per heavy atom. The fourth-order valence-corrected chi connectivity index (χ4v) is 5.32. The molecule has 1 aromatic carbocycles. The number of hydrogen-bond acceptors (Lipinski definition) is 5. The molecule has 0 N–H and O–H groups in total. The third kappa shape index (κ3) is 2.84. The molecular formula is C20H19F2O5-. The predicted molar refractivity (Wildman–Crippen MR) is 86.2 cm³/mol. The van der Waals surface area contributed by atoms with Crippen LogP contribution in [0.4, 0.5) is 8.78 Å². The Balaban J connectivity index is 1.63. The van der Waals surface area contributed by atoms with Crippen molar-refractivity contribution in [2.24, 2.45) is 23.2 Å². The topological polar surface area (TPSA) is 83.5 Å². The monoisotopic (exact) mass is 377 g/mol. The fraction of sp³-hybridized carbons (Fsp3) is 0.550. The van der Waals surface area contributed by atoms with Crippen molar-refractivity contribution in [3.8, 4) is 0 Å². The fourth-order valence-electron chi connectivity index (χ4n) is 5.32. The van der Waals surface area contributed by atoms with Crippen LogP contribution in [0.3, 0.4) is 0 Å². The second kappa shape index (κ2) is 6.11. The number of ether oxygens (including phenoxy) is 1. The van der Waals surface area contributed by atoms with E-state index in [2.05, 4.69) is 0 Å². The molecule has 4 bridgehead atoms. The van der Waals surface area contributed by atoms with Crippen molar-refractivity contribution in [2.45, 2.75) is 44.1 Å². The Bertz CT molecular complexity index is 773. The van der Waals surface area contributed by atoms with E-state index >= 15 is 0 Å². The predicted octanol–water partition coefficient (Wildman–Crippen LogP) is 2.05.